The number of unbranched alkanes of at least 4 members (excludes halogenated alkanes) is 6. The Morgan fingerprint density at radius 2 is 1.14 bits per heavy atom. The molecule has 0 amide bonds. The summed E-state index contributed by atoms with van der Waals surface area (Å²) in [7, 11) is 0. The van der Waals surface area contributed by atoms with Crippen molar-refractivity contribution in [2.45, 2.75) is 105 Å². The van der Waals surface area contributed by atoms with Gasteiger partial charge in [0.05, 0.1) is 25.0 Å². The lowest BCUT2D eigenvalue weighted by atomic mass is 9.82. The van der Waals surface area contributed by atoms with Crippen molar-refractivity contribution in [3.63, 3.8) is 0 Å². The van der Waals surface area contributed by atoms with Gasteiger partial charge in [0, 0.05) is 0 Å². The van der Waals surface area contributed by atoms with Crippen LogP contribution < -0.4 is 0 Å². The summed E-state index contributed by atoms with van der Waals surface area (Å²) in [6.07, 6.45) is 13.0. The van der Waals surface area contributed by atoms with Gasteiger partial charge in [0.1, 0.15) is 0 Å². The van der Waals surface area contributed by atoms with Gasteiger partial charge in [0.2, 0.25) is 0 Å². The van der Waals surface area contributed by atoms with Crippen molar-refractivity contribution in [2.24, 2.45) is 23.7 Å². The van der Waals surface area contributed by atoms with Crippen LogP contribution in [0.5, 0.6) is 0 Å². The Morgan fingerprint density at radius 3 is 1.64 bits per heavy atom. The van der Waals surface area contributed by atoms with Gasteiger partial charge in [-0.15, -0.1) is 0 Å². The first kappa shape index (κ1) is 25.0. The van der Waals surface area contributed by atoms with Crippen molar-refractivity contribution in [2.75, 3.05) is 13.2 Å². The highest BCUT2D eigenvalue weighted by Crippen LogP contribution is 2.30. The fraction of sp³-hybridized carbons (Fsp3) is 0.917. The van der Waals surface area contributed by atoms with E-state index < -0.39 is 0 Å². The van der Waals surface area contributed by atoms with Crippen LogP contribution in [0.4, 0.5) is 0 Å². The quantitative estimate of drug-likeness (QED) is 0.255. The van der Waals surface area contributed by atoms with E-state index in [0.29, 0.717) is 19.1 Å². The van der Waals surface area contributed by atoms with Gasteiger partial charge in [0.15, 0.2) is 0 Å². The molecular weight excluding hydrogens is 352 g/mol. The van der Waals surface area contributed by atoms with E-state index in [4.69, 9.17) is 9.47 Å². The molecule has 0 aromatic carbocycles. The Labute approximate surface area is 173 Å². The molecule has 0 unspecified atom stereocenters. The topological polar surface area (TPSA) is 52.6 Å². The SMILES string of the molecule is CC(C)CCCCCCCCCOC(=O)C1CCC(C(=O)OCC(C)C)CC1. The molecule has 0 N–H and O–H groups in total. The van der Waals surface area contributed by atoms with Crippen molar-refractivity contribution in [1.82, 2.24) is 0 Å². The summed E-state index contributed by atoms with van der Waals surface area (Å²) in [6, 6.07) is 0. The third kappa shape index (κ3) is 11.7. The molecule has 0 aromatic heterocycles. The first-order valence-electron chi connectivity index (χ1n) is 11.7. The van der Waals surface area contributed by atoms with Gasteiger partial charge in [-0.05, 0) is 43.9 Å². The zero-order chi connectivity index (χ0) is 20.8. The highest BCUT2D eigenvalue weighted by Gasteiger charge is 2.31. The Balaban J connectivity index is 2.00. The lowest BCUT2D eigenvalue weighted by molar-refractivity contribution is -0.155. The van der Waals surface area contributed by atoms with Gasteiger partial charge in [-0.2, -0.15) is 0 Å². The fourth-order valence-corrected chi connectivity index (χ4v) is 3.76. The van der Waals surface area contributed by atoms with Gasteiger partial charge in [0.25, 0.3) is 0 Å². The second kappa shape index (κ2) is 14.9. The van der Waals surface area contributed by atoms with E-state index in [2.05, 4.69) is 13.8 Å². The van der Waals surface area contributed by atoms with Crippen LogP contribution in [0.15, 0.2) is 0 Å². The fourth-order valence-electron chi connectivity index (χ4n) is 3.76. The molecular formula is C24H44O4. The van der Waals surface area contributed by atoms with Crippen molar-refractivity contribution < 1.29 is 19.1 Å². The third-order valence-electron chi connectivity index (χ3n) is 5.62. The smallest absolute Gasteiger partial charge is 0.308 e. The van der Waals surface area contributed by atoms with Crippen molar-refractivity contribution in [3.05, 3.63) is 0 Å². The third-order valence-corrected chi connectivity index (χ3v) is 5.62. The van der Waals surface area contributed by atoms with Gasteiger partial charge in [-0.25, -0.2) is 0 Å². The lowest BCUT2D eigenvalue weighted by Gasteiger charge is -2.26. The second-order valence-corrected chi connectivity index (χ2v) is 9.40. The first-order chi connectivity index (χ1) is 13.4. The van der Waals surface area contributed by atoms with E-state index in [-0.39, 0.29) is 23.8 Å². The molecule has 0 saturated heterocycles. The van der Waals surface area contributed by atoms with E-state index in [1.807, 2.05) is 13.8 Å². The molecule has 0 bridgehead atoms. The molecule has 1 aliphatic rings. The van der Waals surface area contributed by atoms with E-state index in [1.165, 1.54) is 38.5 Å². The number of esters is 2. The van der Waals surface area contributed by atoms with Crippen LogP contribution in [-0.2, 0) is 19.1 Å². The second-order valence-electron chi connectivity index (χ2n) is 9.40. The summed E-state index contributed by atoms with van der Waals surface area (Å²) in [5.41, 5.74) is 0. The van der Waals surface area contributed by atoms with Gasteiger partial charge < -0.3 is 9.47 Å². The minimum Gasteiger partial charge on any atom is -0.465 e. The number of rotatable bonds is 14. The molecule has 0 aromatic rings. The average Bonchev–Trinajstić information content (AvgIpc) is 2.67. The predicted octanol–water partition coefficient (Wildman–Crippen LogP) is 6.31. The van der Waals surface area contributed by atoms with Crippen molar-refractivity contribution >= 4 is 11.9 Å². The largest absolute Gasteiger partial charge is 0.465 e. The van der Waals surface area contributed by atoms with E-state index in [1.54, 1.807) is 0 Å². The predicted molar refractivity (Wildman–Crippen MR) is 114 cm³/mol. The molecule has 1 aliphatic carbocycles. The van der Waals surface area contributed by atoms with Gasteiger partial charge >= 0.3 is 11.9 Å². The summed E-state index contributed by atoms with van der Waals surface area (Å²) in [4.78, 5) is 24.2. The van der Waals surface area contributed by atoms with Crippen LogP contribution >= 0.6 is 0 Å². The molecule has 1 fully saturated rings. The molecule has 0 atom stereocenters. The molecule has 0 spiro atoms. The Kier molecular flexibility index (Phi) is 13.3. The highest BCUT2D eigenvalue weighted by molar-refractivity contribution is 5.75. The van der Waals surface area contributed by atoms with E-state index >= 15 is 0 Å². The van der Waals surface area contributed by atoms with Crippen molar-refractivity contribution in [1.29, 1.82) is 0 Å². The maximum absolute atomic E-state index is 12.2. The molecule has 0 heterocycles. The van der Waals surface area contributed by atoms with E-state index in [0.717, 1.165) is 44.4 Å². The molecule has 0 aliphatic heterocycles. The number of hydrogen-bond acceptors (Lipinski definition) is 4. The number of carbonyl (C=O) groups is 2. The summed E-state index contributed by atoms with van der Waals surface area (Å²) in [6.45, 7) is 9.67. The summed E-state index contributed by atoms with van der Waals surface area (Å²) in [5, 5.41) is 0. The zero-order valence-corrected chi connectivity index (χ0v) is 18.8. The normalized spacial score (nSPS) is 19.8. The lowest BCUT2D eigenvalue weighted by Crippen LogP contribution is -2.29. The van der Waals surface area contributed by atoms with Crippen molar-refractivity contribution in [3.8, 4) is 0 Å². The van der Waals surface area contributed by atoms with Crippen LogP contribution in [0.1, 0.15) is 105 Å². The summed E-state index contributed by atoms with van der Waals surface area (Å²) < 4.78 is 10.8. The monoisotopic (exact) mass is 396 g/mol. The minimum absolute atomic E-state index is 0.0323. The Hall–Kier alpha value is -1.06. The van der Waals surface area contributed by atoms with Crippen LogP contribution in [0.25, 0.3) is 0 Å². The minimum atomic E-state index is -0.0928. The summed E-state index contributed by atoms with van der Waals surface area (Å²) >= 11 is 0. The standard InChI is InChI=1S/C24H44O4/c1-19(2)12-10-8-6-5-7-9-11-17-27-23(25)21-13-15-22(16-14-21)24(26)28-18-20(3)4/h19-22H,5-18H2,1-4H3. The van der Waals surface area contributed by atoms with E-state index in [9.17, 15) is 9.59 Å². The maximum Gasteiger partial charge on any atom is 0.308 e. The highest BCUT2D eigenvalue weighted by atomic mass is 16.5. The zero-order valence-electron chi connectivity index (χ0n) is 18.8. The molecule has 0 radical (unpaired) electrons. The molecule has 1 rings (SSSR count). The van der Waals surface area contributed by atoms with Crippen LogP contribution in [0.3, 0.4) is 0 Å². The average molecular weight is 397 g/mol. The number of carbonyl (C=O) groups excluding carboxylic acids is 2. The first-order valence-corrected chi connectivity index (χ1v) is 11.7. The number of ether oxygens (including phenoxy) is 2. The van der Waals surface area contributed by atoms with Crippen LogP contribution in [-0.4, -0.2) is 25.2 Å². The van der Waals surface area contributed by atoms with Crippen LogP contribution in [0.2, 0.25) is 0 Å². The number of hydrogen-bond donors (Lipinski definition) is 0. The maximum atomic E-state index is 12.2. The molecule has 4 nitrogen and oxygen atoms in total. The molecule has 4 heteroatoms. The van der Waals surface area contributed by atoms with Crippen LogP contribution in [0, 0.1) is 23.7 Å². The molecule has 164 valence electrons. The van der Waals surface area contributed by atoms with Gasteiger partial charge in [-0.3, -0.25) is 9.59 Å². The van der Waals surface area contributed by atoms with Gasteiger partial charge in [-0.1, -0.05) is 72.6 Å². The molecule has 1 saturated carbocycles. The Morgan fingerprint density at radius 1 is 0.679 bits per heavy atom. The Bertz CT molecular complexity index is 422. The molecule has 28 heavy (non-hydrogen) atoms. The summed E-state index contributed by atoms with van der Waals surface area (Å²) in [5.74, 6) is 0.953.